The molecule has 3 heterocycles. The first kappa shape index (κ1) is 31.9. The Bertz CT molecular complexity index is 1180. The molecule has 2 aromatic carbocycles. The number of unbranched alkanes of at least 4 members (excludes halogenated alkanes) is 1. The molecule has 2 aromatic rings. The number of nitrogens with zero attached hydrogens (tertiary/aromatic N) is 3. The summed E-state index contributed by atoms with van der Waals surface area (Å²) in [4.78, 5) is 23.7. The van der Waals surface area contributed by atoms with E-state index < -0.39 is 5.97 Å². The minimum atomic E-state index is -0.898. The molecule has 0 saturated carbocycles. The summed E-state index contributed by atoms with van der Waals surface area (Å²) in [5.41, 5.74) is 24.7. The Kier molecular flexibility index (Phi) is 13.7. The van der Waals surface area contributed by atoms with Crippen molar-refractivity contribution in [2.24, 2.45) is 37.9 Å². The molecule has 0 aromatic heterocycles. The quantitative estimate of drug-likeness (QED) is 0.269. The lowest BCUT2D eigenvalue weighted by molar-refractivity contribution is 0.0696. The van der Waals surface area contributed by atoms with Gasteiger partial charge >= 0.3 is 5.97 Å². The van der Waals surface area contributed by atoms with Crippen LogP contribution in [0.5, 0.6) is 0 Å². The van der Waals surface area contributed by atoms with Gasteiger partial charge in [-0.3, -0.25) is 15.0 Å². The average Bonchev–Trinajstić information content (AvgIpc) is 3.67. The second-order valence-electron chi connectivity index (χ2n) is 9.48. The molecule has 3 aliphatic rings. The van der Waals surface area contributed by atoms with Gasteiger partial charge in [0.2, 0.25) is 0 Å². The number of rotatable bonds is 9. The summed E-state index contributed by atoms with van der Waals surface area (Å²) in [5, 5.41) is 11.0. The van der Waals surface area contributed by atoms with Gasteiger partial charge in [0.1, 0.15) is 0 Å². The van der Waals surface area contributed by atoms with Crippen LogP contribution in [0.4, 0.5) is 0 Å². The monoisotopic (exact) mass is 601 g/mol. The summed E-state index contributed by atoms with van der Waals surface area (Å²) in [6.07, 6.45) is 5.18. The van der Waals surface area contributed by atoms with Gasteiger partial charge in [0.05, 0.1) is 23.7 Å². The van der Waals surface area contributed by atoms with E-state index in [2.05, 4.69) is 39.2 Å². The van der Waals surface area contributed by atoms with E-state index in [1.54, 1.807) is 53.5 Å². The molecule has 12 heteroatoms. The molecule has 0 amide bonds. The van der Waals surface area contributed by atoms with Crippen LogP contribution >= 0.6 is 35.3 Å². The molecule has 0 spiro atoms. The van der Waals surface area contributed by atoms with E-state index >= 15 is 0 Å². The van der Waals surface area contributed by atoms with Crippen molar-refractivity contribution in [1.29, 1.82) is 0 Å². The highest BCUT2D eigenvalue weighted by Crippen LogP contribution is 2.20. The number of thioether (sulfide) groups is 3. The third kappa shape index (κ3) is 11.8. The summed E-state index contributed by atoms with van der Waals surface area (Å²) in [6, 6.07) is 18.4. The van der Waals surface area contributed by atoms with E-state index in [0.717, 1.165) is 65.4 Å². The van der Waals surface area contributed by atoms with Crippen molar-refractivity contribution in [3.63, 3.8) is 0 Å². The number of aromatic carboxylic acids is 1. The highest BCUT2D eigenvalue weighted by molar-refractivity contribution is 8.14. The average molecular weight is 602 g/mol. The van der Waals surface area contributed by atoms with Crippen LogP contribution in [0, 0.1) is 0 Å². The zero-order valence-electron chi connectivity index (χ0n) is 22.5. The maximum Gasteiger partial charge on any atom is 0.335 e. The molecular weight excluding hydrogens is 563 g/mol. The van der Waals surface area contributed by atoms with Crippen LogP contribution in [0.25, 0.3) is 0 Å². The number of carboxylic acid groups (broad SMARTS) is 1. The fourth-order valence-corrected chi connectivity index (χ4v) is 6.57. The first-order valence-corrected chi connectivity index (χ1v) is 16.2. The zero-order valence-corrected chi connectivity index (χ0v) is 25.0. The molecule has 3 atom stereocenters. The molecule has 0 saturated heterocycles. The van der Waals surface area contributed by atoms with Gasteiger partial charge in [-0.15, -0.1) is 0 Å². The lowest BCUT2D eigenvalue weighted by Gasteiger charge is -2.06. The molecule has 0 bridgehead atoms. The predicted molar refractivity (Wildman–Crippen MR) is 174 cm³/mol. The fraction of sp³-hybridized carbons (Fsp3) is 0.429. The second kappa shape index (κ2) is 17.2. The number of benzene rings is 2. The van der Waals surface area contributed by atoms with Crippen molar-refractivity contribution in [3.8, 4) is 0 Å². The minimum Gasteiger partial charge on any atom is -0.478 e. The van der Waals surface area contributed by atoms with Crippen molar-refractivity contribution in [2.45, 2.75) is 50.2 Å². The topological polar surface area (TPSA) is 178 Å². The number of aliphatic imine (C=N–C) groups is 3. The van der Waals surface area contributed by atoms with Gasteiger partial charge in [-0.1, -0.05) is 84.2 Å². The van der Waals surface area contributed by atoms with E-state index in [4.69, 9.17) is 28.0 Å². The van der Waals surface area contributed by atoms with Crippen LogP contribution in [-0.4, -0.2) is 68.5 Å². The molecule has 216 valence electrons. The summed E-state index contributed by atoms with van der Waals surface area (Å²) < 4.78 is 0. The number of amidine groups is 3. The highest BCUT2D eigenvalue weighted by Gasteiger charge is 2.18. The smallest absolute Gasteiger partial charge is 0.335 e. The molecule has 9 N–H and O–H groups in total. The van der Waals surface area contributed by atoms with Crippen molar-refractivity contribution >= 4 is 56.8 Å². The van der Waals surface area contributed by atoms with Gasteiger partial charge in [-0.2, -0.15) is 0 Å². The highest BCUT2D eigenvalue weighted by atomic mass is 32.2. The van der Waals surface area contributed by atoms with E-state index in [-0.39, 0.29) is 6.04 Å². The van der Waals surface area contributed by atoms with E-state index in [9.17, 15) is 4.79 Å². The van der Waals surface area contributed by atoms with Crippen molar-refractivity contribution in [1.82, 2.24) is 0 Å². The summed E-state index contributed by atoms with van der Waals surface area (Å²) in [6.45, 7) is 0.791. The summed E-state index contributed by atoms with van der Waals surface area (Å²) in [7, 11) is 0. The SMILES string of the molecule is NC1=NC(Cc2cccc(C(=O)O)c2)CS1.NC1=NC(Cc2ccccc2)CS1.NCCCCC1CSC(N)=N1. The summed E-state index contributed by atoms with van der Waals surface area (Å²) in [5.74, 6) is 2.07. The van der Waals surface area contributed by atoms with Gasteiger partial charge < -0.3 is 28.0 Å². The maximum atomic E-state index is 10.8. The Morgan fingerprint density at radius 3 is 1.77 bits per heavy atom. The third-order valence-electron chi connectivity index (χ3n) is 6.15. The van der Waals surface area contributed by atoms with Gasteiger partial charge in [-0.05, 0) is 55.5 Å². The first-order valence-electron chi connectivity index (χ1n) is 13.3. The first-order chi connectivity index (χ1) is 19.3. The fourth-order valence-electron chi connectivity index (χ4n) is 4.18. The van der Waals surface area contributed by atoms with Crippen LogP contribution in [0.1, 0.15) is 40.7 Å². The van der Waals surface area contributed by atoms with Crippen LogP contribution in [-0.2, 0) is 12.8 Å². The normalized spacial score (nSPS) is 21.3. The molecule has 3 unspecified atom stereocenters. The number of carboxylic acids is 1. The standard InChI is InChI=1S/C11H12N2O2S.C10H12N2S.C7H15N3S/c12-11-13-9(6-16-11)5-7-2-1-3-8(4-7)10(14)15;11-10-12-9(7-13-10)6-8-4-2-1-3-5-8;8-4-2-1-3-6-5-11-7(9)10-6/h1-4,9H,5-6H2,(H2,12,13)(H,14,15);1-5,9H,6-7H2,(H2,11,12);6H,1-5,8H2,(H2,9,10). The van der Waals surface area contributed by atoms with Gasteiger partial charge in [0.25, 0.3) is 0 Å². The third-order valence-corrected chi connectivity index (χ3v) is 9.01. The van der Waals surface area contributed by atoms with Crippen molar-refractivity contribution in [3.05, 3.63) is 71.3 Å². The summed E-state index contributed by atoms with van der Waals surface area (Å²) >= 11 is 4.86. The molecular formula is C28H39N7O2S3. The Labute approximate surface area is 249 Å². The predicted octanol–water partition coefficient (Wildman–Crippen LogP) is 3.56. The van der Waals surface area contributed by atoms with Crippen LogP contribution in [0.2, 0.25) is 0 Å². The molecule has 5 rings (SSSR count). The Hall–Kier alpha value is -2.67. The molecule has 0 fully saturated rings. The Morgan fingerprint density at radius 2 is 1.27 bits per heavy atom. The molecule has 3 aliphatic heterocycles. The zero-order chi connectivity index (χ0) is 28.7. The van der Waals surface area contributed by atoms with Crippen LogP contribution < -0.4 is 22.9 Å². The molecule has 0 radical (unpaired) electrons. The van der Waals surface area contributed by atoms with Crippen molar-refractivity contribution < 1.29 is 9.90 Å². The van der Waals surface area contributed by atoms with Crippen molar-refractivity contribution in [2.75, 3.05) is 23.8 Å². The number of hydrogen-bond donors (Lipinski definition) is 5. The van der Waals surface area contributed by atoms with E-state index in [0.29, 0.717) is 22.8 Å². The lowest BCUT2D eigenvalue weighted by atomic mass is 10.0. The van der Waals surface area contributed by atoms with Crippen LogP contribution in [0.3, 0.4) is 0 Å². The maximum absolute atomic E-state index is 10.8. The van der Waals surface area contributed by atoms with Gasteiger partial charge in [-0.25, -0.2) is 4.79 Å². The lowest BCUT2D eigenvalue weighted by Crippen LogP contribution is -2.09. The Morgan fingerprint density at radius 1 is 0.750 bits per heavy atom. The van der Waals surface area contributed by atoms with Gasteiger partial charge in [0, 0.05) is 17.3 Å². The second-order valence-corrected chi connectivity index (χ2v) is 12.6. The van der Waals surface area contributed by atoms with Gasteiger partial charge in [0.15, 0.2) is 15.5 Å². The van der Waals surface area contributed by atoms with E-state index in [1.807, 2.05) is 12.1 Å². The van der Waals surface area contributed by atoms with Crippen LogP contribution in [0.15, 0.2) is 69.6 Å². The number of carbonyl (C=O) groups is 1. The molecule has 9 nitrogen and oxygen atoms in total. The largest absolute Gasteiger partial charge is 0.478 e. The molecule has 0 aliphatic carbocycles. The Balaban J connectivity index is 0.000000169. The number of hydrogen-bond acceptors (Lipinski definition) is 11. The van der Waals surface area contributed by atoms with E-state index in [1.165, 1.54) is 12.0 Å². The molecule has 40 heavy (non-hydrogen) atoms. The number of nitrogens with two attached hydrogens (primary N) is 4. The minimum absolute atomic E-state index is 0.175.